The summed E-state index contributed by atoms with van der Waals surface area (Å²) in [5, 5.41) is 0.505. The summed E-state index contributed by atoms with van der Waals surface area (Å²) in [6, 6.07) is 14.5. The van der Waals surface area contributed by atoms with Crippen LogP contribution < -0.4 is 16.0 Å². The first-order chi connectivity index (χ1) is 10.2. The van der Waals surface area contributed by atoms with Crippen molar-refractivity contribution in [2.24, 2.45) is 0 Å². The number of fused-ring (bicyclic) bond motifs is 1. The van der Waals surface area contributed by atoms with Gasteiger partial charge in [0.05, 0.1) is 24.6 Å². The van der Waals surface area contributed by atoms with Gasteiger partial charge in [0.25, 0.3) is 5.56 Å². The van der Waals surface area contributed by atoms with Crippen LogP contribution >= 0.6 is 0 Å². The molecule has 0 unspecified atom stereocenters. The summed E-state index contributed by atoms with van der Waals surface area (Å²) >= 11 is 0. The van der Waals surface area contributed by atoms with Crippen LogP contribution in [-0.4, -0.2) is 16.7 Å². The van der Waals surface area contributed by atoms with Crippen molar-refractivity contribution in [3.8, 4) is 5.75 Å². The molecule has 0 fully saturated rings. The van der Waals surface area contributed by atoms with Gasteiger partial charge in [-0.15, -0.1) is 0 Å². The number of rotatable bonds is 3. The molecule has 2 aromatic carbocycles. The molecule has 0 aliphatic rings. The fourth-order valence-electron chi connectivity index (χ4n) is 2.31. The second-order valence-corrected chi connectivity index (χ2v) is 4.71. The lowest BCUT2D eigenvalue weighted by atomic mass is 10.2. The van der Waals surface area contributed by atoms with Crippen molar-refractivity contribution in [2.75, 3.05) is 7.11 Å². The molecule has 1 N–H and O–H groups in total. The smallest absolute Gasteiger partial charge is 0.329 e. The average Bonchev–Trinajstić information content (AvgIpc) is 2.52. The molecule has 106 valence electrons. The summed E-state index contributed by atoms with van der Waals surface area (Å²) in [6.07, 6.45) is 0. The topological polar surface area (TPSA) is 64.1 Å². The normalized spacial score (nSPS) is 10.7. The van der Waals surface area contributed by atoms with Gasteiger partial charge in [-0.2, -0.15) is 0 Å². The van der Waals surface area contributed by atoms with Gasteiger partial charge in [-0.05, 0) is 29.8 Å². The van der Waals surface area contributed by atoms with Crippen LogP contribution in [-0.2, 0) is 6.54 Å². The molecule has 0 aliphatic carbocycles. The Morgan fingerprint density at radius 2 is 1.76 bits per heavy atom. The van der Waals surface area contributed by atoms with E-state index in [4.69, 9.17) is 4.74 Å². The van der Waals surface area contributed by atoms with E-state index in [-0.39, 0.29) is 5.56 Å². The number of nitrogens with one attached hydrogen (secondary N) is 1. The summed E-state index contributed by atoms with van der Waals surface area (Å²) in [7, 11) is 1.61. The van der Waals surface area contributed by atoms with Crippen molar-refractivity contribution in [2.45, 2.75) is 6.54 Å². The summed E-state index contributed by atoms with van der Waals surface area (Å²) in [5.74, 6) is 0.762. The first kappa shape index (κ1) is 13.2. The largest absolute Gasteiger partial charge is 0.497 e. The van der Waals surface area contributed by atoms with Crippen LogP contribution in [0.1, 0.15) is 5.56 Å². The van der Waals surface area contributed by atoms with Crippen molar-refractivity contribution >= 4 is 10.9 Å². The van der Waals surface area contributed by atoms with Crippen LogP contribution in [0.25, 0.3) is 10.9 Å². The van der Waals surface area contributed by atoms with Gasteiger partial charge in [0, 0.05) is 0 Å². The maximum absolute atomic E-state index is 12.1. The van der Waals surface area contributed by atoms with Crippen molar-refractivity contribution in [1.82, 2.24) is 9.55 Å². The van der Waals surface area contributed by atoms with Crippen LogP contribution in [0.4, 0.5) is 0 Å². The van der Waals surface area contributed by atoms with E-state index >= 15 is 0 Å². The number of para-hydroxylation sites is 1. The molecule has 0 bridgehead atoms. The maximum atomic E-state index is 12.1. The number of hydrogen-bond acceptors (Lipinski definition) is 3. The average molecular weight is 282 g/mol. The summed E-state index contributed by atoms with van der Waals surface area (Å²) in [6.45, 7) is 0.389. The Bertz CT molecular complexity index is 892. The number of nitrogens with zero attached hydrogens (tertiary/aromatic N) is 1. The molecule has 0 atom stereocenters. The molecular weight excluding hydrogens is 268 g/mol. The fraction of sp³-hybridized carbons (Fsp3) is 0.125. The number of hydrogen-bond donors (Lipinski definition) is 1. The van der Waals surface area contributed by atoms with Gasteiger partial charge >= 0.3 is 5.69 Å². The van der Waals surface area contributed by atoms with Gasteiger partial charge in [0.2, 0.25) is 0 Å². The molecule has 0 spiro atoms. The van der Waals surface area contributed by atoms with Crippen LogP contribution in [0, 0.1) is 0 Å². The van der Waals surface area contributed by atoms with Gasteiger partial charge in [-0.25, -0.2) is 4.79 Å². The molecule has 0 saturated carbocycles. The van der Waals surface area contributed by atoms with Gasteiger partial charge < -0.3 is 4.74 Å². The molecule has 3 rings (SSSR count). The van der Waals surface area contributed by atoms with E-state index in [1.165, 1.54) is 0 Å². The Labute approximate surface area is 120 Å². The monoisotopic (exact) mass is 282 g/mol. The van der Waals surface area contributed by atoms with Gasteiger partial charge in [0.1, 0.15) is 5.75 Å². The molecule has 5 heteroatoms. The molecule has 0 amide bonds. The van der Waals surface area contributed by atoms with Crippen molar-refractivity contribution in [3.63, 3.8) is 0 Å². The highest BCUT2D eigenvalue weighted by molar-refractivity contribution is 5.77. The second kappa shape index (κ2) is 5.28. The third kappa shape index (κ3) is 2.45. The molecule has 21 heavy (non-hydrogen) atoms. The van der Waals surface area contributed by atoms with Gasteiger partial charge in [0.15, 0.2) is 0 Å². The van der Waals surface area contributed by atoms with Gasteiger partial charge in [-0.3, -0.25) is 14.3 Å². The minimum Gasteiger partial charge on any atom is -0.497 e. The van der Waals surface area contributed by atoms with E-state index in [1.54, 1.807) is 29.9 Å². The number of aromatic nitrogens is 2. The number of aromatic amines is 1. The first-order valence-corrected chi connectivity index (χ1v) is 6.54. The molecule has 0 aliphatic heterocycles. The Hall–Kier alpha value is -2.82. The zero-order valence-corrected chi connectivity index (χ0v) is 11.5. The Morgan fingerprint density at radius 1 is 1.05 bits per heavy atom. The van der Waals surface area contributed by atoms with Crippen molar-refractivity contribution in [1.29, 1.82) is 0 Å². The van der Waals surface area contributed by atoms with Gasteiger partial charge in [-0.1, -0.05) is 24.3 Å². The number of H-pyrrole nitrogens is 1. The lowest BCUT2D eigenvalue weighted by molar-refractivity contribution is 0.414. The SMILES string of the molecule is COc1ccc(Cn2c(=O)[nH]c(=O)c3ccccc32)cc1. The molecule has 1 heterocycles. The molecular formula is C16H14N2O3. The predicted molar refractivity (Wildman–Crippen MR) is 80.9 cm³/mol. The predicted octanol–water partition coefficient (Wildman–Crippen LogP) is 1.75. The van der Waals surface area contributed by atoms with Crippen molar-refractivity contribution < 1.29 is 4.74 Å². The van der Waals surface area contributed by atoms with Crippen LogP contribution in [0.5, 0.6) is 5.75 Å². The standard InChI is InChI=1S/C16H14N2O3/c1-21-12-8-6-11(7-9-12)10-18-14-5-3-2-4-13(14)15(19)17-16(18)20/h2-9H,10H2,1H3,(H,17,19,20). The van der Waals surface area contributed by atoms with E-state index < -0.39 is 5.69 Å². The lowest BCUT2D eigenvalue weighted by Crippen LogP contribution is -2.30. The third-order valence-electron chi connectivity index (χ3n) is 3.40. The summed E-state index contributed by atoms with van der Waals surface area (Å²) in [4.78, 5) is 26.2. The van der Waals surface area contributed by atoms with Crippen molar-refractivity contribution in [3.05, 3.63) is 74.9 Å². The third-order valence-corrected chi connectivity index (χ3v) is 3.40. The zero-order valence-electron chi connectivity index (χ0n) is 11.5. The minimum absolute atomic E-state index is 0.360. The van der Waals surface area contributed by atoms with E-state index in [1.807, 2.05) is 30.3 Å². The van der Waals surface area contributed by atoms with E-state index in [0.717, 1.165) is 11.3 Å². The number of ether oxygens (including phenoxy) is 1. The highest BCUT2D eigenvalue weighted by Crippen LogP contribution is 2.13. The zero-order chi connectivity index (χ0) is 14.8. The molecule has 1 aromatic heterocycles. The second-order valence-electron chi connectivity index (χ2n) is 4.71. The molecule has 5 nitrogen and oxygen atoms in total. The highest BCUT2D eigenvalue weighted by atomic mass is 16.5. The fourth-order valence-corrected chi connectivity index (χ4v) is 2.31. The first-order valence-electron chi connectivity index (χ1n) is 6.54. The van der Waals surface area contributed by atoms with E-state index in [0.29, 0.717) is 17.4 Å². The van der Waals surface area contributed by atoms with E-state index in [9.17, 15) is 9.59 Å². The molecule has 0 saturated heterocycles. The Morgan fingerprint density at radius 3 is 2.48 bits per heavy atom. The van der Waals surface area contributed by atoms with E-state index in [2.05, 4.69) is 4.98 Å². The summed E-state index contributed by atoms with van der Waals surface area (Å²) in [5.41, 5.74) is 0.813. The minimum atomic E-state index is -0.408. The van der Waals surface area contributed by atoms with Crippen LogP contribution in [0.2, 0.25) is 0 Å². The highest BCUT2D eigenvalue weighted by Gasteiger charge is 2.07. The van der Waals surface area contributed by atoms with Crippen LogP contribution in [0.15, 0.2) is 58.1 Å². The lowest BCUT2D eigenvalue weighted by Gasteiger charge is -2.10. The quantitative estimate of drug-likeness (QED) is 0.796. The Kier molecular flexibility index (Phi) is 3.31. The number of methoxy groups -OCH3 is 1. The number of benzene rings is 2. The maximum Gasteiger partial charge on any atom is 0.329 e. The summed E-state index contributed by atoms with van der Waals surface area (Å²) < 4.78 is 6.67. The molecule has 0 radical (unpaired) electrons. The molecule has 3 aromatic rings. The Balaban J connectivity index is 2.11. The van der Waals surface area contributed by atoms with Crippen LogP contribution in [0.3, 0.4) is 0 Å².